The van der Waals surface area contributed by atoms with Gasteiger partial charge in [-0.05, 0) is 72.6 Å². The first-order chi connectivity index (χ1) is 17.4. The van der Waals surface area contributed by atoms with E-state index in [9.17, 15) is 24.3 Å². The van der Waals surface area contributed by atoms with Crippen molar-refractivity contribution >= 4 is 24.2 Å². The average Bonchev–Trinajstić information content (AvgIpc) is 2.78. The Morgan fingerprint density at radius 2 is 1.37 bits per heavy atom. The highest BCUT2D eigenvalue weighted by Crippen LogP contribution is 2.33. The summed E-state index contributed by atoms with van der Waals surface area (Å²) in [4.78, 5) is 49.1. The van der Waals surface area contributed by atoms with Gasteiger partial charge in [0.1, 0.15) is 11.6 Å². The highest BCUT2D eigenvalue weighted by atomic mass is 16.7. The molecule has 0 saturated heterocycles. The van der Waals surface area contributed by atoms with Crippen molar-refractivity contribution in [2.24, 2.45) is 17.1 Å². The van der Waals surface area contributed by atoms with Crippen LogP contribution in [0.2, 0.25) is 0 Å². The molecule has 0 radical (unpaired) electrons. The molecule has 0 aliphatic carbocycles. The standard InChI is InChI=1S/C27H41NO10/c1-10-26(8,9)23(31)36-18(7)17(6)27(28,22(29)30)14-19-11-12-20(37-24(32)34-15(2)3)21(13-19)38-25(33)35-16(4)5/h11-13,15-18H,10,14,28H2,1-9H3,(H,29,30)/t17-,18+,27-/m1/s1. The minimum atomic E-state index is -1.87. The number of carboxylic acids is 1. The van der Waals surface area contributed by atoms with Crippen LogP contribution in [0, 0.1) is 11.3 Å². The number of benzene rings is 1. The predicted octanol–water partition coefficient (Wildman–Crippen LogP) is 4.86. The van der Waals surface area contributed by atoms with E-state index in [1.165, 1.54) is 18.2 Å². The Morgan fingerprint density at radius 1 is 0.868 bits per heavy atom. The van der Waals surface area contributed by atoms with Crippen molar-refractivity contribution in [3.63, 3.8) is 0 Å². The molecule has 3 atom stereocenters. The summed E-state index contributed by atoms with van der Waals surface area (Å²) >= 11 is 0. The van der Waals surface area contributed by atoms with Gasteiger partial charge in [0, 0.05) is 12.3 Å². The van der Waals surface area contributed by atoms with E-state index in [1.54, 1.807) is 55.4 Å². The molecule has 1 rings (SSSR count). The van der Waals surface area contributed by atoms with Gasteiger partial charge in [0.15, 0.2) is 11.5 Å². The lowest BCUT2D eigenvalue weighted by Crippen LogP contribution is -2.58. The number of esters is 1. The van der Waals surface area contributed by atoms with E-state index in [2.05, 4.69) is 0 Å². The van der Waals surface area contributed by atoms with E-state index in [0.717, 1.165) is 0 Å². The van der Waals surface area contributed by atoms with Crippen LogP contribution in [0.25, 0.3) is 0 Å². The Kier molecular flexibility index (Phi) is 11.6. The number of carbonyl (C=O) groups excluding carboxylic acids is 3. The summed E-state index contributed by atoms with van der Waals surface area (Å²) in [6.45, 7) is 15.0. The van der Waals surface area contributed by atoms with Crippen molar-refractivity contribution in [2.75, 3.05) is 0 Å². The lowest BCUT2D eigenvalue weighted by molar-refractivity contribution is -0.165. The number of ether oxygens (including phenoxy) is 5. The SMILES string of the molecule is CCC(C)(C)C(=O)O[C@@H](C)[C@@H](C)[C@](N)(Cc1ccc(OC(=O)OC(C)C)c(OC(=O)OC(C)C)c1)C(=O)O. The van der Waals surface area contributed by atoms with E-state index >= 15 is 0 Å². The van der Waals surface area contributed by atoms with Gasteiger partial charge in [-0.1, -0.05) is 19.9 Å². The zero-order valence-electron chi connectivity index (χ0n) is 23.7. The molecule has 214 valence electrons. The molecule has 1 aromatic rings. The van der Waals surface area contributed by atoms with Crippen molar-refractivity contribution in [3.8, 4) is 11.5 Å². The molecule has 38 heavy (non-hydrogen) atoms. The quantitative estimate of drug-likeness (QED) is 0.212. The molecule has 11 heteroatoms. The molecule has 0 heterocycles. The zero-order valence-corrected chi connectivity index (χ0v) is 23.7. The Labute approximate surface area is 223 Å². The number of hydrogen-bond acceptors (Lipinski definition) is 10. The number of carboxylic acid groups (broad SMARTS) is 1. The van der Waals surface area contributed by atoms with Crippen molar-refractivity contribution in [3.05, 3.63) is 23.8 Å². The van der Waals surface area contributed by atoms with Crippen LogP contribution in [-0.4, -0.2) is 53.2 Å². The Hall–Kier alpha value is -3.34. The van der Waals surface area contributed by atoms with Gasteiger partial charge in [0.25, 0.3) is 0 Å². The van der Waals surface area contributed by atoms with Crippen molar-refractivity contribution in [1.29, 1.82) is 0 Å². The van der Waals surface area contributed by atoms with Gasteiger partial charge < -0.3 is 34.5 Å². The molecule has 0 aromatic heterocycles. The predicted molar refractivity (Wildman–Crippen MR) is 138 cm³/mol. The third kappa shape index (κ3) is 9.20. The van der Waals surface area contributed by atoms with E-state index in [0.29, 0.717) is 12.0 Å². The maximum Gasteiger partial charge on any atom is 0.514 e. The van der Waals surface area contributed by atoms with Crippen molar-refractivity contribution in [1.82, 2.24) is 0 Å². The van der Waals surface area contributed by atoms with Crippen LogP contribution in [0.3, 0.4) is 0 Å². The van der Waals surface area contributed by atoms with Gasteiger partial charge in [-0.3, -0.25) is 9.59 Å². The second-order valence-electron chi connectivity index (χ2n) is 10.5. The van der Waals surface area contributed by atoms with E-state index in [4.69, 9.17) is 29.4 Å². The molecule has 0 aliphatic heterocycles. The molecule has 0 aliphatic rings. The van der Waals surface area contributed by atoms with Crippen LogP contribution in [0.4, 0.5) is 9.59 Å². The van der Waals surface area contributed by atoms with Crippen LogP contribution in [0.1, 0.15) is 74.3 Å². The largest absolute Gasteiger partial charge is 0.514 e. The first-order valence-electron chi connectivity index (χ1n) is 12.6. The van der Waals surface area contributed by atoms with Gasteiger partial charge in [-0.15, -0.1) is 0 Å². The Bertz CT molecular complexity index is 1000. The Morgan fingerprint density at radius 3 is 1.82 bits per heavy atom. The summed E-state index contributed by atoms with van der Waals surface area (Å²) in [5.41, 5.74) is 4.14. The van der Waals surface area contributed by atoms with Crippen LogP contribution in [0.15, 0.2) is 18.2 Å². The molecule has 0 unspecified atom stereocenters. The normalized spacial score (nSPS) is 14.7. The molecule has 0 fully saturated rings. The summed E-state index contributed by atoms with van der Waals surface area (Å²) in [7, 11) is 0. The number of aliphatic carboxylic acids is 1. The molecule has 3 N–H and O–H groups in total. The smallest absolute Gasteiger partial charge is 0.480 e. The topological polar surface area (TPSA) is 161 Å². The van der Waals surface area contributed by atoms with E-state index < -0.39 is 59.4 Å². The number of rotatable bonds is 12. The molecule has 1 aromatic carbocycles. The third-order valence-corrected chi connectivity index (χ3v) is 6.20. The fraction of sp³-hybridized carbons (Fsp3) is 0.630. The second-order valence-corrected chi connectivity index (χ2v) is 10.5. The Balaban J connectivity index is 3.31. The first-order valence-corrected chi connectivity index (χ1v) is 12.6. The minimum absolute atomic E-state index is 0.143. The van der Waals surface area contributed by atoms with Crippen LogP contribution in [0.5, 0.6) is 11.5 Å². The van der Waals surface area contributed by atoms with E-state index in [1.807, 2.05) is 6.92 Å². The molecule has 0 spiro atoms. The lowest BCUT2D eigenvalue weighted by Gasteiger charge is -2.36. The molecule has 0 saturated carbocycles. The summed E-state index contributed by atoms with van der Waals surface area (Å²) in [5, 5.41) is 10.1. The zero-order chi connectivity index (χ0) is 29.4. The fourth-order valence-electron chi connectivity index (χ4n) is 3.20. The average molecular weight is 540 g/mol. The lowest BCUT2D eigenvalue weighted by atomic mass is 9.78. The minimum Gasteiger partial charge on any atom is -0.480 e. The van der Waals surface area contributed by atoms with Gasteiger partial charge >= 0.3 is 24.2 Å². The molecule has 11 nitrogen and oxygen atoms in total. The summed E-state index contributed by atoms with van der Waals surface area (Å²) in [6.07, 6.45) is -3.51. The number of carbonyl (C=O) groups is 4. The molecule has 0 bridgehead atoms. The summed E-state index contributed by atoms with van der Waals surface area (Å²) < 4.78 is 25.9. The highest BCUT2D eigenvalue weighted by molar-refractivity contribution is 5.80. The van der Waals surface area contributed by atoms with Crippen molar-refractivity contribution < 1.29 is 48.0 Å². The van der Waals surface area contributed by atoms with E-state index in [-0.39, 0.29) is 17.9 Å². The van der Waals surface area contributed by atoms with Gasteiger partial charge in [-0.25, -0.2) is 9.59 Å². The fourth-order valence-corrected chi connectivity index (χ4v) is 3.20. The van der Waals surface area contributed by atoms with Crippen LogP contribution in [-0.2, 0) is 30.2 Å². The number of nitrogens with two attached hydrogens (primary N) is 1. The monoisotopic (exact) mass is 539 g/mol. The maximum absolute atomic E-state index is 12.6. The number of hydrogen-bond donors (Lipinski definition) is 2. The highest BCUT2D eigenvalue weighted by Gasteiger charge is 2.44. The summed E-state index contributed by atoms with van der Waals surface area (Å²) in [6, 6.07) is 4.13. The molecular formula is C27H41NO10. The molecule has 0 amide bonds. The van der Waals surface area contributed by atoms with Gasteiger partial charge in [0.05, 0.1) is 17.6 Å². The second kappa shape index (κ2) is 13.5. The van der Waals surface area contributed by atoms with Crippen LogP contribution < -0.4 is 15.2 Å². The van der Waals surface area contributed by atoms with Crippen LogP contribution >= 0.6 is 0 Å². The summed E-state index contributed by atoms with van der Waals surface area (Å²) in [5.74, 6) is -2.93. The van der Waals surface area contributed by atoms with Gasteiger partial charge in [-0.2, -0.15) is 0 Å². The van der Waals surface area contributed by atoms with Crippen molar-refractivity contribution in [2.45, 2.75) is 99.0 Å². The first kappa shape index (κ1) is 32.7. The van der Waals surface area contributed by atoms with Gasteiger partial charge in [0.2, 0.25) is 0 Å². The third-order valence-electron chi connectivity index (χ3n) is 6.20. The molecular weight excluding hydrogens is 498 g/mol. The maximum atomic E-state index is 12.6.